The van der Waals surface area contributed by atoms with Crippen LogP contribution in [0.4, 0.5) is 18.2 Å². The fraction of sp³-hybridized carbons (Fsp3) is 0.250. The first-order valence-electron chi connectivity index (χ1n) is 8.80. The molecule has 3 aromatic rings. The number of ether oxygens (including phenoxy) is 1. The van der Waals surface area contributed by atoms with Crippen molar-refractivity contribution < 1.29 is 27.5 Å². The van der Waals surface area contributed by atoms with Crippen molar-refractivity contribution in [2.75, 3.05) is 12.4 Å². The molecule has 0 spiro atoms. The predicted molar refractivity (Wildman–Crippen MR) is 106 cm³/mol. The van der Waals surface area contributed by atoms with Crippen LogP contribution in [0.15, 0.2) is 35.7 Å². The van der Waals surface area contributed by atoms with E-state index in [0.29, 0.717) is 22.0 Å². The average Bonchev–Trinajstić information content (AvgIpc) is 3.26. The SMILES string of the molecule is COC(=O)c1ccsc1NC(=O)Cc1c(C)nn(-c2cccc(C(F)(F)F)c2)c1C. The number of aryl methyl sites for hydroxylation is 1. The Morgan fingerprint density at radius 2 is 1.97 bits per heavy atom. The predicted octanol–water partition coefficient (Wildman–Crippen LogP) is 4.54. The van der Waals surface area contributed by atoms with Gasteiger partial charge in [-0.15, -0.1) is 11.3 Å². The highest BCUT2D eigenvalue weighted by atomic mass is 32.1. The Morgan fingerprint density at radius 1 is 1.23 bits per heavy atom. The summed E-state index contributed by atoms with van der Waals surface area (Å²) in [5, 5.41) is 9.01. The van der Waals surface area contributed by atoms with Crippen LogP contribution >= 0.6 is 11.3 Å². The summed E-state index contributed by atoms with van der Waals surface area (Å²) in [5.41, 5.74) is 1.41. The number of aromatic nitrogens is 2. The molecule has 30 heavy (non-hydrogen) atoms. The van der Waals surface area contributed by atoms with E-state index in [-0.39, 0.29) is 23.6 Å². The number of carbonyl (C=O) groups excluding carboxylic acids is 2. The van der Waals surface area contributed by atoms with Gasteiger partial charge in [0.15, 0.2) is 0 Å². The molecule has 0 unspecified atom stereocenters. The third kappa shape index (κ3) is 4.38. The van der Waals surface area contributed by atoms with Gasteiger partial charge in [-0.25, -0.2) is 9.48 Å². The molecule has 0 saturated carbocycles. The maximum atomic E-state index is 13.0. The van der Waals surface area contributed by atoms with Gasteiger partial charge in [-0.05, 0) is 43.5 Å². The number of amides is 1. The zero-order chi connectivity index (χ0) is 22.1. The lowest BCUT2D eigenvalue weighted by atomic mass is 10.1. The number of benzene rings is 1. The zero-order valence-corrected chi connectivity index (χ0v) is 17.1. The van der Waals surface area contributed by atoms with Crippen LogP contribution in [-0.4, -0.2) is 28.8 Å². The standard InChI is InChI=1S/C20H18F3N3O3S/c1-11-16(10-17(27)24-18-15(7-8-30-18)19(28)29-3)12(2)26(25-11)14-6-4-5-13(9-14)20(21,22)23/h4-9H,10H2,1-3H3,(H,24,27). The number of carbonyl (C=O) groups is 2. The van der Waals surface area contributed by atoms with E-state index in [2.05, 4.69) is 15.2 Å². The van der Waals surface area contributed by atoms with Crippen molar-refractivity contribution in [1.82, 2.24) is 9.78 Å². The molecule has 1 N–H and O–H groups in total. The molecule has 158 valence electrons. The first kappa shape index (κ1) is 21.6. The molecule has 0 fully saturated rings. The highest BCUT2D eigenvalue weighted by molar-refractivity contribution is 7.14. The number of esters is 1. The third-order valence-corrected chi connectivity index (χ3v) is 5.35. The van der Waals surface area contributed by atoms with Crippen LogP contribution in [0.3, 0.4) is 0 Å². The first-order chi connectivity index (χ1) is 14.1. The minimum absolute atomic E-state index is 0.0465. The topological polar surface area (TPSA) is 73.2 Å². The molecular weight excluding hydrogens is 419 g/mol. The van der Waals surface area contributed by atoms with Crippen molar-refractivity contribution in [3.63, 3.8) is 0 Å². The Labute approximate surface area is 174 Å². The van der Waals surface area contributed by atoms with E-state index >= 15 is 0 Å². The van der Waals surface area contributed by atoms with Crippen molar-refractivity contribution >= 4 is 28.2 Å². The number of anilines is 1. The first-order valence-corrected chi connectivity index (χ1v) is 9.68. The minimum Gasteiger partial charge on any atom is -0.465 e. The molecule has 0 atom stereocenters. The summed E-state index contributed by atoms with van der Waals surface area (Å²) in [5.74, 6) is -0.936. The number of thiophene rings is 1. The Bertz CT molecular complexity index is 1100. The van der Waals surface area contributed by atoms with Gasteiger partial charge < -0.3 is 10.1 Å². The second-order valence-corrected chi connectivity index (χ2v) is 7.41. The molecule has 2 heterocycles. The lowest BCUT2D eigenvalue weighted by molar-refractivity contribution is -0.137. The Kier molecular flexibility index (Phi) is 5.97. The van der Waals surface area contributed by atoms with Gasteiger partial charge in [-0.1, -0.05) is 6.07 Å². The van der Waals surface area contributed by atoms with Crippen LogP contribution in [0.25, 0.3) is 5.69 Å². The number of alkyl halides is 3. The van der Waals surface area contributed by atoms with E-state index < -0.39 is 17.7 Å². The maximum Gasteiger partial charge on any atom is 0.416 e. The Morgan fingerprint density at radius 3 is 2.63 bits per heavy atom. The number of rotatable bonds is 5. The molecule has 3 rings (SSSR count). The molecule has 0 aliphatic heterocycles. The van der Waals surface area contributed by atoms with Gasteiger partial charge in [0.1, 0.15) is 5.00 Å². The normalized spacial score (nSPS) is 11.4. The highest BCUT2D eigenvalue weighted by Crippen LogP contribution is 2.31. The average molecular weight is 437 g/mol. The quantitative estimate of drug-likeness (QED) is 0.595. The molecule has 0 aliphatic rings. The number of hydrogen-bond donors (Lipinski definition) is 1. The molecule has 1 amide bonds. The number of nitrogens with zero attached hydrogens (tertiary/aromatic N) is 2. The molecule has 0 radical (unpaired) electrons. The van der Waals surface area contributed by atoms with Crippen LogP contribution in [-0.2, 0) is 22.1 Å². The van der Waals surface area contributed by atoms with E-state index in [0.717, 1.165) is 12.1 Å². The highest BCUT2D eigenvalue weighted by Gasteiger charge is 2.31. The molecule has 6 nitrogen and oxygen atoms in total. The Balaban J connectivity index is 1.84. The van der Waals surface area contributed by atoms with Crippen molar-refractivity contribution in [3.8, 4) is 5.69 Å². The summed E-state index contributed by atoms with van der Waals surface area (Å²) in [6.45, 7) is 3.37. The van der Waals surface area contributed by atoms with E-state index in [1.807, 2.05) is 0 Å². The fourth-order valence-corrected chi connectivity index (χ4v) is 3.80. The number of halogens is 3. The van der Waals surface area contributed by atoms with Crippen molar-refractivity contribution in [1.29, 1.82) is 0 Å². The van der Waals surface area contributed by atoms with E-state index in [4.69, 9.17) is 0 Å². The van der Waals surface area contributed by atoms with Crippen LogP contribution < -0.4 is 5.32 Å². The summed E-state index contributed by atoms with van der Waals surface area (Å²) >= 11 is 1.19. The third-order valence-electron chi connectivity index (χ3n) is 4.52. The number of nitrogens with one attached hydrogen (secondary N) is 1. The maximum absolute atomic E-state index is 13.0. The van der Waals surface area contributed by atoms with Gasteiger partial charge in [0.2, 0.25) is 5.91 Å². The molecule has 0 aliphatic carbocycles. The van der Waals surface area contributed by atoms with Gasteiger partial charge in [-0.2, -0.15) is 18.3 Å². The van der Waals surface area contributed by atoms with Gasteiger partial charge in [0, 0.05) is 11.3 Å². The molecule has 0 saturated heterocycles. The Hall–Kier alpha value is -3.14. The van der Waals surface area contributed by atoms with E-state index in [9.17, 15) is 22.8 Å². The number of hydrogen-bond acceptors (Lipinski definition) is 5. The molecular formula is C20H18F3N3O3S. The molecule has 0 bridgehead atoms. The van der Waals surface area contributed by atoms with Crippen LogP contribution in [0.5, 0.6) is 0 Å². The second kappa shape index (κ2) is 8.31. The summed E-state index contributed by atoms with van der Waals surface area (Å²) in [6.07, 6.45) is -4.51. The summed E-state index contributed by atoms with van der Waals surface area (Å²) in [6, 6.07) is 6.38. The lowest BCUT2D eigenvalue weighted by Gasteiger charge is -2.10. The minimum atomic E-state index is -4.47. The van der Waals surface area contributed by atoms with Gasteiger partial charge in [0.05, 0.1) is 36.0 Å². The van der Waals surface area contributed by atoms with Gasteiger partial charge in [0.25, 0.3) is 0 Å². The van der Waals surface area contributed by atoms with Crippen LogP contribution in [0, 0.1) is 13.8 Å². The summed E-state index contributed by atoms with van der Waals surface area (Å²) in [7, 11) is 1.25. The smallest absolute Gasteiger partial charge is 0.416 e. The number of methoxy groups -OCH3 is 1. The van der Waals surface area contributed by atoms with Crippen molar-refractivity contribution in [3.05, 3.63) is 63.8 Å². The van der Waals surface area contributed by atoms with E-state index in [1.165, 1.54) is 35.3 Å². The molecule has 10 heteroatoms. The second-order valence-electron chi connectivity index (χ2n) is 6.49. The lowest BCUT2D eigenvalue weighted by Crippen LogP contribution is -2.16. The molecule has 1 aromatic carbocycles. The van der Waals surface area contributed by atoms with Gasteiger partial charge in [-0.3, -0.25) is 4.79 Å². The molecule has 2 aromatic heterocycles. The van der Waals surface area contributed by atoms with Crippen molar-refractivity contribution in [2.24, 2.45) is 0 Å². The van der Waals surface area contributed by atoms with Crippen molar-refractivity contribution in [2.45, 2.75) is 26.4 Å². The van der Waals surface area contributed by atoms with E-state index in [1.54, 1.807) is 25.3 Å². The largest absolute Gasteiger partial charge is 0.465 e. The summed E-state index contributed by atoms with van der Waals surface area (Å²) < 4.78 is 45.1. The zero-order valence-electron chi connectivity index (χ0n) is 16.3. The van der Waals surface area contributed by atoms with Crippen LogP contribution in [0.2, 0.25) is 0 Å². The van der Waals surface area contributed by atoms with Crippen LogP contribution in [0.1, 0.15) is 32.9 Å². The summed E-state index contributed by atoms with van der Waals surface area (Å²) in [4.78, 5) is 24.3. The monoisotopic (exact) mass is 437 g/mol. The van der Waals surface area contributed by atoms with Gasteiger partial charge >= 0.3 is 12.1 Å². The fourth-order valence-electron chi connectivity index (χ4n) is 3.00.